The Balaban J connectivity index is 4.59. The van der Waals surface area contributed by atoms with Gasteiger partial charge in [0.25, 0.3) is 0 Å². The van der Waals surface area contributed by atoms with Gasteiger partial charge in [-0.1, -0.05) is 86.5 Å². The van der Waals surface area contributed by atoms with E-state index in [0.717, 1.165) is 19.3 Å². The van der Waals surface area contributed by atoms with E-state index in [-0.39, 0.29) is 0 Å². The molecule has 25 heavy (non-hydrogen) atoms. The molecule has 0 saturated heterocycles. The molecular formula is C21H45O3P. The Hall–Kier alpha value is 0.150. The van der Waals surface area contributed by atoms with E-state index in [1.165, 1.54) is 38.5 Å². The van der Waals surface area contributed by atoms with E-state index < -0.39 is 7.60 Å². The quantitative estimate of drug-likeness (QED) is 0.244. The van der Waals surface area contributed by atoms with Gasteiger partial charge in [0.15, 0.2) is 0 Å². The van der Waals surface area contributed by atoms with Gasteiger partial charge in [0, 0.05) is 0 Å². The average Bonchev–Trinajstić information content (AvgIpc) is 2.59. The van der Waals surface area contributed by atoms with Crippen molar-refractivity contribution in [2.45, 2.75) is 99.3 Å². The molecule has 0 aromatic carbocycles. The Kier molecular flexibility index (Phi) is 15.3. The standard InChI is InChI=1S/C21H45O3P/c1-7-10-13-19(4)16-23-25(22,18-21(6)15-12-9-3)24-17-20(5)14-11-8-2/h19-21H,7-18H2,1-6H3. The van der Waals surface area contributed by atoms with Crippen molar-refractivity contribution in [3.63, 3.8) is 0 Å². The molecule has 0 spiro atoms. The summed E-state index contributed by atoms with van der Waals surface area (Å²) in [4.78, 5) is 0. The number of rotatable bonds is 17. The first-order valence-corrected chi connectivity index (χ1v) is 12.5. The van der Waals surface area contributed by atoms with Gasteiger partial charge in [0.2, 0.25) is 0 Å². The zero-order valence-electron chi connectivity index (χ0n) is 17.9. The summed E-state index contributed by atoms with van der Waals surface area (Å²) in [6.07, 6.45) is 11.1. The van der Waals surface area contributed by atoms with Gasteiger partial charge in [-0.2, -0.15) is 0 Å². The van der Waals surface area contributed by atoms with Crippen LogP contribution in [0.2, 0.25) is 0 Å². The molecule has 0 rings (SSSR count). The van der Waals surface area contributed by atoms with Crippen molar-refractivity contribution in [3.8, 4) is 0 Å². The minimum Gasteiger partial charge on any atom is -0.308 e. The van der Waals surface area contributed by atoms with Gasteiger partial charge in [0.05, 0.1) is 19.4 Å². The van der Waals surface area contributed by atoms with Crippen molar-refractivity contribution in [2.24, 2.45) is 17.8 Å². The smallest absolute Gasteiger partial charge is 0.308 e. The first-order valence-electron chi connectivity index (χ1n) is 10.7. The summed E-state index contributed by atoms with van der Waals surface area (Å²) in [5.74, 6) is 1.28. The van der Waals surface area contributed by atoms with Gasteiger partial charge in [-0.25, -0.2) is 0 Å². The van der Waals surface area contributed by atoms with Crippen molar-refractivity contribution >= 4 is 7.60 Å². The van der Waals surface area contributed by atoms with Crippen LogP contribution in [0.15, 0.2) is 0 Å². The van der Waals surface area contributed by atoms with Gasteiger partial charge >= 0.3 is 7.60 Å². The lowest BCUT2D eigenvalue weighted by atomic mass is 10.1. The van der Waals surface area contributed by atoms with Crippen LogP contribution in [0.1, 0.15) is 99.3 Å². The summed E-state index contributed by atoms with van der Waals surface area (Å²) in [6.45, 7) is 14.3. The fourth-order valence-corrected chi connectivity index (χ4v) is 5.12. The molecule has 0 aromatic heterocycles. The summed E-state index contributed by atoms with van der Waals surface area (Å²) < 4.78 is 25.2. The van der Waals surface area contributed by atoms with Crippen molar-refractivity contribution in [2.75, 3.05) is 19.4 Å². The Morgan fingerprint density at radius 3 is 1.40 bits per heavy atom. The molecule has 0 heterocycles. The van der Waals surface area contributed by atoms with E-state index in [4.69, 9.17) is 9.05 Å². The first kappa shape index (κ1) is 25.1. The van der Waals surface area contributed by atoms with Gasteiger partial charge in [-0.3, -0.25) is 4.57 Å². The molecule has 0 aliphatic carbocycles. The van der Waals surface area contributed by atoms with E-state index in [0.29, 0.717) is 37.1 Å². The van der Waals surface area contributed by atoms with Crippen LogP contribution in [0.25, 0.3) is 0 Å². The molecule has 0 radical (unpaired) electrons. The third kappa shape index (κ3) is 13.9. The van der Waals surface area contributed by atoms with Crippen LogP contribution in [0, 0.1) is 17.8 Å². The SMILES string of the molecule is CCCCC(C)COP(=O)(CC(C)CCCC)OCC(C)CCCC. The topological polar surface area (TPSA) is 35.5 Å². The first-order chi connectivity index (χ1) is 11.9. The van der Waals surface area contributed by atoms with Crippen molar-refractivity contribution in [3.05, 3.63) is 0 Å². The highest BCUT2D eigenvalue weighted by molar-refractivity contribution is 7.53. The largest absolute Gasteiger partial charge is 0.330 e. The van der Waals surface area contributed by atoms with E-state index in [9.17, 15) is 4.57 Å². The van der Waals surface area contributed by atoms with Crippen LogP contribution in [0.3, 0.4) is 0 Å². The molecular weight excluding hydrogens is 331 g/mol. The lowest BCUT2D eigenvalue weighted by Gasteiger charge is -2.25. The van der Waals surface area contributed by atoms with E-state index in [2.05, 4.69) is 41.5 Å². The Morgan fingerprint density at radius 2 is 1.04 bits per heavy atom. The second-order valence-electron chi connectivity index (χ2n) is 8.13. The highest BCUT2D eigenvalue weighted by atomic mass is 31.2. The molecule has 3 nitrogen and oxygen atoms in total. The molecule has 0 bridgehead atoms. The Labute approximate surface area is 158 Å². The van der Waals surface area contributed by atoms with Crippen molar-refractivity contribution in [1.82, 2.24) is 0 Å². The predicted octanol–water partition coefficient (Wildman–Crippen LogP) is 7.69. The summed E-state index contributed by atoms with van der Waals surface area (Å²) in [5.41, 5.74) is 0. The zero-order chi connectivity index (χ0) is 19.1. The second kappa shape index (κ2) is 15.2. The molecule has 0 fully saturated rings. The van der Waals surface area contributed by atoms with Crippen molar-refractivity contribution in [1.29, 1.82) is 0 Å². The molecule has 0 saturated carbocycles. The second-order valence-corrected chi connectivity index (χ2v) is 10.2. The van der Waals surface area contributed by atoms with E-state index >= 15 is 0 Å². The number of unbranched alkanes of at least 4 members (excludes halogenated alkanes) is 3. The van der Waals surface area contributed by atoms with Gasteiger partial charge in [-0.05, 0) is 30.6 Å². The number of hydrogen-bond acceptors (Lipinski definition) is 3. The molecule has 0 aliphatic rings. The van der Waals surface area contributed by atoms with Gasteiger partial charge < -0.3 is 9.05 Å². The normalized spacial score (nSPS) is 17.8. The highest BCUT2D eigenvalue weighted by Gasteiger charge is 2.28. The zero-order valence-corrected chi connectivity index (χ0v) is 18.8. The summed E-state index contributed by atoms with van der Waals surface area (Å²) in [5, 5.41) is 0. The van der Waals surface area contributed by atoms with Crippen LogP contribution < -0.4 is 0 Å². The van der Waals surface area contributed by atoms with E-state index in [1.807, 2.05) is 0 Å². The maximum atomic E-state index is 13.3. The van der Waals surface area contributed by atoms with Crippen LogP contribution in [0.5, 0.6) is 0 Å². The molecule has 152 valence electrons. The fraction of sp³-hybridized carbons (Fsp3) is 1.00. The van der Waals surface area contributed by atoms with Crippen LogP contribution >= 0.6 is 7.60 Å². The summed E-state index contributed by atoms with van der Waals surface area (Å²) in [6, 6.07) is 0. The third-order valence-corrected chi connectivity index (χ3v) is 6.95. The molecule has 0 aliphatic heterocycles. The number of hydrogen-bond donors (Lipinski definition) is 0. The highest BCUT2D eigenvalue weighted by Crippen LogP contribution is 2.51. The van der Waals surface area contributed by atoms with Gasteiger partial charge in [0.1, 0.15) is 0 Å². The minimum absolute atomic E-state index is 0.391. The summed E-state index contributed by atoms with van der Waals surface area (Å²) in [7, 11) is -2.99. The third-order valence-electron chi connectivity index (χ3n) is 4.80. The monoisotopic (exact) mass is 376 g/mol. The van der Waals surface area contributed by atoms with Crippen LogP contribution in [0.4, 0.5) is 0 Å². The lowest BCUT2D eigenvalue weighted by molar-refractivity contribution is 0.158. The maximum absolute atomic E-state index is 13.3. The maximum Gasteiger partial charge on any atom is 0.330 e. The molecule has 0 N–H and O–H groups in total. The predicted molar refractivity (Wildman–Crippen MR) is 110 cm³/mol. The molecule has 3 atom stereocenters. The minimum atomic E-state index is -2.99. The molecule has 0 aromatic rings. The fourth-order valence-electron chi connectivity index (χ4n) is 2.92. The molecule has 4 heteroatoms. The van der Waals surface area contributed by atoms with Crippen LogP contribution in [-0.2, 0) is 13.6 Å². The average molecular weight is 377 g/mol. The Bertz CT molecular complexity index is 324. The lowest BCUT2D eigenvalue weighted by Crippen LogP contribution is -2.14. The molecule has 0 amide bonds. The van der Waals surface area contributed by atoms with Crippen molar-refractivity contribution < 1.29 is 13.6 Å². The van der Waals surface area contributed by atoms with Crippen LogP contribution in [-0.4, -0.2) is 19.4 Å². The summed E-state index contributed by atoms with van der Waals surface area (Å²) >= 11 is 0. The molecule has 3 unspecified atom stereocenters. The van der Waals surface area contributed by atoms with Gasteiger partial charge in [-0.15, -0.1) is 0 Å². The Morgan fingerprint density at radius 1 is 0.680 bits per heavy atom. The van der Waals surface area contributed by atoms with E-state index in [1.54, 1.807) is 0 Å².